The number of methoxy groups -OCH3 is 1. The van der Waals surface area contributed by atoms with Crippen molar-refractivity contribution < 1.29 is 53.4 Å². The van der Waals surface area contributed by atoms with Crippen LogP contribution in [0.2, 0.25) is 0 Å². The van der Waals surface area contributed by atoms with Gasteiger partial charge in [-0.25, -0.2) is 17.6 Å². The van der Waals surface area contributed by atoms with Gasteiger partial charge in [0, 0.05) is 11.8 Å². The third-order valence-electron chi connectivity index (χ3n) is 6.70. The first-order chi connectivity index (χ1) is 19.1. The van der Waals surface area contributed by atoms with E-state index in [-0.39, 0.29) is 23.8 Å². The highest BCUT2D eigenvalue weighted by atomic mass is 19.4. The first-order valence-corrected chi connectivity index (χ1v) is 11.3. The predicted octanol–water partition coefficient (Wildman–Crippen LogP) is 7.05. The summed E-state index contributed by atoms with van der Waals surface area (Å²) in [7, 11) is 0.808. The van der Waals surface area contributed by atoms with Crippen molar-refractivity contribution in [2.45, 2.75) is 23.8 Å². The molecule has 14 heteroatoms. The highest BCUT2D eigenvalue weighted by molar-refractivity contribution is 5.92. The molecular formula is C27H14F10N2O2. The average molecular weight is 588 g/mol. The molecule has 0 aliphatic carbocycles. The number of hydrogen-bond acceptors (Lipinski definition) is 4. The number of alkyl halides is 6. The molecule has 214 valence electrons. The number of ether oxygens (including phenoxy) is 1. The number of benzene rings is 3. The molecule has 1 heterocycles. The molecule has 1 aliphatic rings. The van der Waals surface area contributed by atoms with E-state index in [9.17, 15) is 49.6 Å². The number of aliphatic imine (C=N–C) groups is 1. The summed E-state index contributed by atoms with van der Waals surface area (Å²) in [6.07, 6.45) is -10.1. The lowest BCUT2D eigenvalue weighted by molar-refractivity contribution is -0.147. The van der Waals surface area contributed by atoms with Gasteiger partial charge in [0.2, 0.25) is 0 Å². The summed E-state index contributed by atoms with van der Waals surface area (Å²) in [5, 5.41) is 9.21. The van der Waals surface area contributed by atoms with Crippen molar-refractivity contribution in [3.63, 3.8) is 0 Å². The highest BCUT2D eigenvalue weighted by Gasteiger charge is 2.56. The summed E-state index contributed by atoms with van der Waals surface area (Å²) in [5.74, 6) is -10.3. The van der Waals surface area contributed by atoms with Crippen LogP contribution in [0.25, 0.3) is 0 Å². The van der Waals surface area contributed by atoms with Gasteiger partial charge in [0.15, 0.2) is 17.5 Å². The minimum Gasteiger partial charge on any atom is -0.469 e. The Kier molecular flexibility index (Phi) is 7.36. The zero-order valence-corrected chi connectivity index (χ0v) is 20.3. The lowest BCUT2D eigenvalue weighted by Crippen LogP contribution is -2.43. The van der Waals surface area contributed by atoms with E-state index < -0.39 is 86.8 Å². The van der Waals surface area contributed by atoms with Gasteiger partial charge in [-0.05, 0) is 47.5 Å². The molecule has 3 aromatic carbocycles. The average Bonchev–Trinajstić information content (AvgIpc) is 3.31. The second-order valence-corrected chi connectivity index (χ2v) is 8.96. The largest absolute Gasteiger partial charge is 0.469 e. The molecule has 0 bridgehead atoms. The summed E-state index contributed by atoms with van der Waals surface area (Å²) < 4.78 is 145. The molecule has 4 nitrogen and oxygen atoms in total. The summed E-state index contributed by atoms with van der Waals surface area (Å²) in [4.78, 5) is 17.3. The van der Waals surface area contributed by atoms with Gasteiger partial charge >= 0.3 is 18.3 Å². The summed E-state index contributed by atoms with van der Waals surface area (Å²) in [6.45, 7) is 0. The first kappa shape index (κ1) is 29.6. The van der Waals surface area contributed by atoms with E-state index in [1.807, 2.05) is 0 Å². The fraction of sp³-hybridized carbons (Fsp3) is 0.222. The van der Waals surface area contributed by atoms with Crippen molar-refractivity contribution in [2.24, 2.45) is 10.9 Å². The maximum Gasteiger partial charge on any atom is 0.416 e. The fourth-order valence-corrected chi connectivity index (χ4v) is 4.83. The molecular weight excluding hydrogens is 574 g/mol. The van der Waals surface area contributed by atoms with E-state index in [1.54, 1.807) is 0 Å². The Morgan fingerprint density at radius 3 is 2.00 bits per heavy atom. The predicted molar refractivity (Wildman–Crippen MR) is 121 cm³/mol. The van der Waals surface area contributed by atoms with Crippen molar-refractivity contribution in [3.05, 3.63) is 105 Å². The Hall–Kier alpha value is -4.41. The maximum absolute atomic E-state index is 15.4. The smallest absolute Gasteiger partial charge is 0.416 e. The molecule has 0 spiro atoms. The number of rotatable bonds is 4. The van der Waals surface area contributed by atoms with E-state index >= 15 is 4.39 Å². The molecule has 3 unspecified atom stereocenters. The molecule has 0 fully saturated rings. The van der Waals surface area contributed by atoms with E-state index in [0.29, 0.717) is 18.3 Å². The van der Waals surface area contributed by atoms with Gasteiger partial charge in [-0.1, -0.05) is 12.1 Å². The van der Waals surface area contributed by atoms with Crippen molar-refractivity contribution in [1.29, 1.82) is 5.26 Å². The van der Waals surface area contributed by atoms with Crippen LogP contribution in [0.1, 0.15) is 39.4 Å². The Morgan fingerprint density at radius 1 is 0.878 bits per heavy atom. The summed E-state index contributed by atoms with van der Waals surface area (Å²) in [6, 6.07) is 3.75. The Labute approximate surface area is 224 Å². The molecule has 4 rings (SSSR count). The summed E-state index contributed by atoms with van der Waals surface area (Å²) in [5.41, 5.74) is -9.18. The molecule has 0 amide bonds. The topological polar surface area (TPSA) is 62.5 Å². The van der Waals surface area contributed by atoms with Gasteiger partial charge in [-0.3, -0.25) is 9.79 Å². The van der Waals surface area contributed by atoms with E-state index in [2.05, 4.69) is 4.99 Å². The minimum atomic E-state index is -5.38. The van der Waals surface area contributed by atoms with Crippen molar-refractivity contribution in [1.82, 2.24) is 0 Å². The van der Waals surface area contributed by atoms with E-state index in [0.717, 1.165) is 25.3 Å². The standard InChI is InChI=1S/C27H14F10N2O2/c1-41-24(40)20-23(12-2-4-18(28)13(6-12)10-38)39-11-25(20,17-3-5-19(29)22(31)21(17)30)14-7-15(26(32,33)34)9-16(8-14)27(35,36)37/h2-9,11,20,23H,1H3. The van der Waals surface area contributed by atoms with Crippen LogP contribution in [0.4, 0.5) is 43.9 Å². The van der Waals surface area contributed by atoms with Gasteiger partial charge in [0.1, 0.15) is 17.8 Å². The minimum absolute atomic E-state index is 0.137. The lowest BCUT2D eigenvalue weighted by atomic mass is 9.64. The van der Waals surface area contributed by atoms with Crippen molar-refractivity contribution in [3.8, 4) is 6.07 Å². The molecule has 3 aromatic rings. The zero-order chi connectivity index (χ0) is 30.5. The number of nitriles is 1. The van der Waals surface area contributed by atoms with Crippen LogP contribution in [0.3, 0.4) is 0 Å². The van der Waals surface area contributed by atoms with Gasteiger partial charge in [-0.2, -0.15) is 31.6 Å². The monoisotopic (exact) mass is 588 g/mol. The van der Waals surface area contributed by atoms with Crippen LogP contribution >= 0.6 is 0 Å². The first-order valence-electron chi connectivity index (χ1n) is 11.3. The van der Waals surface area contributed by atoms with Crippen LogP contribution in [-0.2, 0) is 27.3 Å². The van der Waals surface area contributed by atoms with Gasteiger partial charge < -0.3 is 4.74 Å². The van der Waals surface area contributed by atoms with Crippen LogP contribution in [0.15, 0.2) is 53.5 Å². The maximum atomic E-state index is 15.4. The van der Waals surface area contributed by atoms with E-state index in [4.69, 9.17) is 4.74 Å². The Morgan fingerprint density at radius 2 is 1.46 bits per heavy atom. The van der Waals surface area contributed by atoms with Gasteiger partial charge in [0.05, 0.1) is 35.3 Å². The molecule has 0 N–H and O–H groups in total. The number of carbonyl (C=O) groups excluding carboxylic acids is 1. The number of halogens is 10. The molecule has 3 atom stereocenters. The SMILES string of the molecule is COC(=O)C1C(c2ccc(F)c(C#N)c2)N=CC1(c1cc(C(F)(F)F)cc(C(F)(F)F)c1)c1ccc(F)c(F)c1F. The lowest BCUT2D eigenvalue weighted by Gasteiger charge is -2.36. The second kappa shape index (κ2) is 10.2. The third kappa shape index (κ3) is 5.00. The Balaban J connectivity index is 2.15. The third-order valence-corrected chi connectivity index (χ3v) is 6.70. The quantitative estimate of drug-likeness (QED) is 0.186. The highest BCUT2D eigenvalue weighted by Crippen LogP contribution is 2.52. The second-order valence-electron chi connectivity index (χ2n) is 8.96. The van der Waals surface area contributed by atoms with Crippen LogP contribution < -0.4 is 0 Å². The number of esters is 1. The van der Waals surface area contributed by atoms with Crippen molar-refractivity contribution >= 4 is 12.2 Å². The van der Waals surface area contributed by atoms with Crippen LogP contribution in [0, 0.1) is 40.5 Å². The molecule has 0 aromatic heterocycles. The summed E-state index contributed by atoms with van der Waals surface area (Å²) >= 11 is 0. The van der Waals surface area contributed by atoms with Crippen LogP contribution in [-0.4, -0.2) is 19.3 Å². The normalized spacial score (nSPS) is 20.6. The van der Waals surface area contributed by atoms with E-state index in [1.165, 1.54) is 6.07 Å². The molecule has 0 radical (unpaired) electrons. The van der Waals surface area contributed by atoms with Gasteiger partial charge in [0.25, 0.3) is 0 Å². The van der Waals surface area contributed by atoms with Crippen molar-refractivity contribution in [2.75, 3.05) is 7.11 Å². The number of hydrogen-bond donors (Lipinski definition) is 0. The van der Waals surface area contributed by atoms with Crippen LogP contribution in [0.5, 0.6) is 0 Å². The molecule has 1 aliphatic heterocycles. The van der Waals surface area contributed by atoms with Gasteiger partial charge in [-0.15, -0.1) is 0 Å². The fourth-order valence-electron chi connectivity index (χ4n) is 4.83. The molecule has 0 saturated carbocycles. The number of carbonyl (C=O) groups is 1. The molecule has 41 heavy (non-hydrogen) atoms. The Bertz CT molecular complexity index is 1580. The zero-order valence-electron chi connectivity index (χ0n) is 20.3. The number of nitrogens with zero attached hydrogens (tertiary/aromatic N) is 2. The molecule has 0 saturated heterocycles.